The molecule has 0 spiro atoms. The van der Waals surface area contributed by atoms with E-state index in [9.17, 15) is 18.0 Å². The number of rotatable bonds is 8. The van der Waals surface area contributed by atoms with Crippen molar-refractivity contribution in [3.63, 3.8) is 0 Å². The largest absolute Gasteiger partial charge is 0.326 e. The molecule has 0 fully saturated rings. The summed E-state index contributed by atoms with van der Waals surface area (Å²) in [6.45, 7) is 2.43. The van der Waals surface area contributed by atoms with Crippen LogP contribution in [-0.4, -0.2) is 38.3 Å². The molecule has 0 saturated carbocycles. The van der Waals surface area contributed by atoms with Crippen LogP contribution in [0.5, 0.6) is 0 Å². The second kappa shape index (κ2) is 9.99. The Morgan fingerprint density at radius 2 is 1.73 bits per heavy atom. The molecule has 1 heterocycles. The first-order chi connectivity index (χ1) is 14.4. The third kappa shape index (κ3) is 5.99. The van der Waals surface area contributed by atoms with Crippen molar-refractivity contribution in [1.29, 1.82) is 0 Å². The molecule has 9 heteroatoms. The SMILES string of the molecule is CCCS(=O)(=O)Nc1ccc(NC(=O)CCC(=O)N2CCSc3ccccc32)cc1. The highest BCUT2D eigenvalue weighted by Crippen LogP contribution is 2.34. The lowest BCUT2D eigenvalue weighted by molar-refractivity contribution is -0.122. The summed E-state index contributed by atoms with van der Waals surface area (Å²) in [5.74, 6) is 0.559. The molecule has 2 amide bonds. The van der Waals surface area contributed by atoms with Gasteiger partial charge in [-0.15, -0.1) is 11.8 Å². The van der Waals surface area contributed by atoms with E-state index in [4.69, 9.17) is 0 Å². The van der Waals surface area contributed by atoms with Crippen LogP contribution in [-0.2, 0) is 19.6 Å². The number of anilines is 3. The zero-order valence-electron chi connectivity index (χ0n) is 16.8. The number of carbonyl (C=O) groups excluding carboxylic acids is 2. The third-order valence-electron chi connectivity index (χ3n) is 4.51. The summed E-state index contributed by atoms with van der Waals surface area (Å²) in [5.41, 5.74) is 1.89. The van der Waals surface area contributed by atoms with Crippen molar-refractivity contribution >= 4 is 50.7 Å². The number of hydrogen-bond acceptors (Lipinski definition) is 5. The van der Waals surface area contributed by atoms with Crippen molar-refractivity contribution in [2.75, 3.05) is 33.0 Å². The van der Waals surface area contributed by atoms with Gasteiger partial charge in [0, 0.05) is 41.4 Å². The van der Waals surface area contributed by atoms with Gasteiger partial charge in [-0.3, -0.25) is 14.3 Å². The maximum Gasteiger partial charge on any atom is 0.232 e. The Morgan fingerprint density at radius 3 is 2.47 bits per heavy atom. The summed E-state index contributed by atoms with van der Waals surface area (Å²) in [4.78, 5) is 27.7. The molecule has 30 heavy (non-hydrogen) atoms. The molecule has 2 aromatic rings. The van der Waals surface area contributed by atoms with Gasteiger partial charge in [-0.25, -0.2) is 8.42 Å². The summed E-state index contributed by atoms with van der Waals surface area (Å²) >= 11 is 1.73. The average Bonchev–Trinajstić information content (AvgIpc) is 2.72. The van der Waals surface area contributed by atoms with E-state index in [0.717, 1.165) is 16.3 Å². The van der Waals surface area contributed by atoms with Crippen LogP contribution in [0.3, 0.4) is 0 Å². The Labute approximate surface area is 181 Å². The van der Waals surface area contributed by atoms with E-state index >= 15 is 0 Å². The Balaban J connectivity index is 1.51. The van der Waals surface area contributed by atoms with Crippen molar-refractivity contribution in [3.05, 3.63) is 48.5 Å². The Bertz CT molecular complexity index is 1010. The quantitative estimate of drug-likeness (QED) is 0.643. The van der Waals surface area contributed by atoms with Crippen LogP contribution in [0.2, 0.25) is 0 Å². The van der Waals surface area contributed by atoms with Crippen LogP contribution < -0.4 is 14.9 Å². The van der Waals surface area contributed by atoms with E-state index in [-0.39, 0.29) is 30.4 Å². The summed E-state index contributed by atoms with van der Waals surface area (Å²) in [6, 6.07) is 14.2. The van der Waals surface area contributed by atoms with Crippen molar-refractivity contribution in [3.8, 4) is 0 Å². The number of nitrogens with zero attached hydrogens (tertiary/aromatic N) is 1. The number of amides is 2. The second-order valence-corrected chi connectivity index (χ2v) is 9.89. The third-order valence-corrected chi connectivity index (χ3v) is 7.05. The standard InChI is InChI=1S/C21H25N3O4S2/c1-2-15-30(27,28)23-17-9-7-16(8-10-17)22-20(25)11-12-21(26)24-13-14-29-19-6-4-3-5-18(19)24/h3-10,23H,2,11-15H2,1H3,(H,22,25). The number of carbonyl (C=O) groups is 2. The zero-order chi connectivity index (χ0) is 21.6. The van der Waals surface area contributed by atoms with E-state index < -0.39 is 10.0 Å². The Hall–Kier alpha value is -2.52. The molecule has 2 aromatic carbocycles. The predicted molar refractivity (Wildman–Crippen MR) is 122 cm³/mol. The summed E-state index contributed by atoms with van der Waals surface area (Å²) in [5, 5.41) is 2.74. The van der Waals surface area contributed by atoms with Gasteiger partial charge < -0.3 is 10.2 Å². The van der Waals surface area contributed by atoms with Gasteiger partial charge in [0.15, 0.2) is 0 Å². The van der Waals surface area contributed by atoms with Crippen molar-refractivity contribution in [2.45, 2.75) is 31.1 Å². The van der Waals surface area contributed by atoms with Crippen LogP contribution in [0.4, 0.5) is 17.1 Å². The molecule has 3 rings (SSSR count). The van der Waals surface area contributed by atoms with Gasteiger partial charge >= 0.3 is 0 Å². The molecule has 0 saturated heterocycles. The van der Waals surface area contributed by atoms with Crippen molar-refractivity contribution in [1.82, 2.24) is 0 Å². The normalized spacial score (nSPS) is 13.4. The molecule has 1 aliphatic heterocycles. The molecular formula is C21H25N3O4S2. The number of benzene rings is 2. The summed E-state index contributed by atoms with van der Waals surface area (Å²) < 4.78 is 26.1. The fourth-order valence-electron chi connectivity index (χ4n) is 3.13. The lowest BCUT2D eigenvalue weighted by Crippen LogP contribution is -2.35. The number of nitrogens with one attached hydrogen (secondary N) is 2. The van der Waals surface area contributed by atoms with Crippen LogP contribution >= 0.6 is 11.8 Å². The monoisotopic (exact) mass is 447 g/mol. The zero-order valence-corrected chi connectivity index (χ0v) is 18.4. The first kappa shape index (κ1) is 22.2. The number of fused-ring (bicyclic) bond motifs is 1. The van der Waals surface area contributed by atoms with Gasteiger partial charge in [0.05, 0.1) is 11.4 Å². The van der Waals surface area contributed by atoms with Crippen LogP contribution in [0.1, 0.15) is 26.2 Å². The van der Waals surface area contributed by atoms with Gasteiger partial charge in [0.2, 0.25) is 21.8 Å². The molecule has 7 nitrogen and oxygen atoms in total. The minimum Gasteiger partial charge on any atom is -0.326 e. The number of sulfonamides is 1. The number of hydrogen-bond donors (Lipinski definition) is 2. The molecule has 0 atom stereocenters. The van der Waals surface area contributed by atoms with Gasteiger partial charge in [0.1, 0.15) is 0 Å². The van der Waals surface area contributed by atoms with Crippen LogP contribution in [0.15, 0.2) is 53.4 Å². The first-order valence-electron chi connectivity index (χ1n) is 9.80. The van der Waals surface area contributed by atoms with Crippen LogP contribution in [0.25, 0.3) is 0 Å². The van der Waals surface area contributed by atoms with Crippen molar-refractivity contribution in [2.24, 2.45) is 0 Å². The highest BCUT2D eigenvalue weighted by atomic mass is 32.2. The highest BCUT2D eigenvalue weighted by Gasteiger charge is 2.22. The van der Waals surface area contributed by atoms with E-state index in [2.05, 4.69) is 10.0 Å². The molecule has 0 bridgehead atoms. The summed E-state index contributed by atoms with van der Waals surface area (Å²) in [7, 11) is -3.35. The van der Waals surface area contributed by atoms with Gasteiger partial charge in [0.25, 0.3) is 0 Å². The fraction of sp³-hybridized carbons (Fsp3) is 0.333. The van der Waals surface area contributed by atoms with E-state index in [1.165, 1.54) is 0 Å². The van der Waals surface area contributed by atoms with Crippen LogP contribution in [0, 0.1) is 0 Å². The smallest absolute Gasteiger partial charge is 0.232 e. The fourth-order valence-corrected chi connectivity index (χ4v) is 5.26. The van der Waals surface area contributed by atoms with E-state index in [1.807, 2.05) is 24.3 Å². The number of thioether (sulfide) groups is 1. The minimum absolute atomic E-state index is 0.0553. The first-order valence-corrected chi connectivity index (χ1v) is 12.4. The number of para-hydroxylation sites is 1. The molecule has 0 radical (unpaired) electrons. The van der Waals surface area contributed by atoms with E-state index in [0.29, 0.717) is 24.3 Å². The molecule has 0 aromatic heterocycles. The predicted octanol–water partition coefficient (Wildman–Crippen LogP) is 3.70. The average molecular weight is 448 g/mol. The van der Waals surface area contributed by atoms with Crippen molar-refractivity contribution < 1.29 is 18.0 Å². The Morgan fingerprint density at radius 1 is 1.03 bits per heavy atom. The van der Waals surface area contributed by atoms with Gasteiger partial charge in [-0.05, 0) is 42.8 Å². The molecule has 0 unspecified atom stereocenters. The van der Waals surface area contributed by atoms with Gasteiger partial charge in [-0.1, -0.05) is 19.1 Å². The lowest BCUT2D eigenvalue weighted by atomic mass is 10.2. The van der Waals surface area contributed by atoms with E-state index in [1.54, 1.807) is 47.9 Å². The molecule has 1 aliphatic rings. The second-order valence-electron chi connectivity index (χ2n) is 6.91. The van der Waals surface area contributed by atoms with Gasteiger partial charge in [-0.2, -0.15) is 0 Å². The Kier molecular flexibility index (Phi) is 7.38. The maximum atomic E-state index is 12.6. The highest BCUT2D eigenvalue weighted by molar-refractivity contribution is 7.99. The summed E-state index contributed by atoms with van der Waals surface area (Å²) in [6.07, 6.45) is 0.735. The molecular weight excluding hydrogens is 422 g/mol. The lowest BCUT2D eigenvalue weighted by Gasteiger charge is -2.29. The maximum absolute atomic E-state index is 12.6. The molecule has 160 valence electrons. The minimum atomic E-state index is -3.35. The molecule has 0 aliphatic carbocycles. The topological polar surface area (TPSA) is 95.6 Å². The molecule has 2 N–H and O–H groups in total.